The van der Waals surface area contributed by atoms with Gasteiger partial charge in [0, 0.05) is 18.4 Å². The average Bonchev–Trinajstić information content (AvgIpc) is 3.49. The molecule has 3 aromatic rings. The molecule has 3 unspecified atom stereocenters. The molecule has 0 spiro atoms. The Hall–Kier alpha value is -3.75. The third-order valence-corrected chi connectivity index (χ3v) is 6.10. The summed E-state index contributed by atoms with van der Waals surface area (Å²) >= 11 is -2.11. The molecule has 0 saturated carbocycles. The highest BCUT2D eigenvalue weighted by Crippen LogP contribution is 2.31. The lowest BCUT2D eigenvalue weighted by Gasteiger charge is -2.15. The van der Waals surface area contributed by atoms with Crippen molar-refractivity contribution >= 4 is 45.9 Å². The molecule has 1 aliphatic rings. The second kappa shape index (κ2) is 10.7. The van der Waals surface area contributed by atoms with Crippen LogP contribution in [0.15, 0.2) is 36.9 Å². The van der Waals surface area contributed by atoms with E-state index in [2.05, 4.69) is 19.7 Å². The van der Waals surface area contributed by atoms with E-state index in [1.54, 1.807) is 10.9 Å². The molecule has 4 N–H and O–H groups in total. The number of anilines is 1. The Bertz CT molecular complexity index is 1300. The molecule has 1 amide bonds. The molecule has 1 aromatic carbocycles. The van der Waals surface area contributed by atoms with Crippen molar-refractivity contribution in [2.24, 2.45) is 0 Å². The maximum Gasteiger partial charge on any atom is 0.335 e. The number of nitrogens with one attached hydrogen (secondary N) is 1. The molecule has 1 aliphatic heterocycles. The van der Waals surface area contributed by atoms with E-state index in [1.165, 1.54) is 30.6 Å². The number of ketones is 1. The lowest BCUT2D eigenvalue weighted by atomic mass is 10.0. The molecule has 0 radical (unpaired) electrons. The molecule has 35 heavy (non-hydrogen) atoms. The fourth-order valence-electron chi connectivity index (χ4n) is 3.60. The van der Waals surface area contributed by atoms with Gasteiger partial charge in [0.15, 0.2) is 17.2 Å². The van der Waals surface area contributed by atoms with Crippen LogP contribution in [0.1, 0.15) is 52.6 Å². The number of hydrogen-bond donors (Lipinski definition) is 3. The van der Waals surface area contributed by atoms with Crippen LogP contribution in [-0.2, 0) is 25.0 Å². The minimum Gasteiger partial charge on any atom is -0.478 e. The van der Waals surface area contributed by atoms with Gasteiger partial charge in [-0.1, -0.05) is 12.1 Å². The van der Waals surface area contributed by atoms with Gasteiger partial charge in [0.25, 0.3) is 11.3 Å². The summed E-state index contributed by atoms with van der Waals surface area (Å²) in [6.07, 6.45) is 3.07. The molecule has 1 saturated heterocycles. The van der Waals surface area contributed by atoms with Crippen LogP contribution in [0.3, 0.4) is 0 Å². The Morgan fingerprint density at radius 1 is 1.20 bits per heavy atom. The smallest absolute Gasteiger partial charge is 0.335 e. The zero-order chi connectivity index (χ0) is 24.9. The Morgan fingerprint density at radius 2 is 2.00 bits per heavy atom. The van der Waals surface area contributed by atoms with E-state index in [4.69, 9.17) is 19.8 Å². The maximum absolute atomic E-state index is 12.2. The summed E-state index contributed by atoms with van der Waals surface area (Å²) in [6, 6.07) is 5.53. The SMILES string of the molecule is Nc1ncnc2c1ncn2C1CCC(COS(=O)NC(=O)CCC(=O)c2cccc(C(=O)O)c2)O1. The van der Waals surface area contributed by atoms with Crippen molar-refractivity contribution in [3.8, 4) is 0 Å². The first-order valence-electron chi connectivity index (χ1n) is 10.6. The molecule has 0 bridgehead atoms. The summed E-state index contributed by atoms with van der Waals surface area (Å²) < 4.78 is 27.1. The number of nitrogens with zero attached hydrogens (tertiary/aromatic N) is 4. The molecule has 4 rings (SSSR count). The highest BCUT2D eigenvalue weighted by Gasteiger charge is 2.29. The van der Waals surface area contributed by atoms with E-state index < -0.39 is 28.9 Å². The van der Waals surface area contributed by atoms with Crippen molar-refractivity contribution in [3.63, 3.8) is 0 Å². The molecule has 13 nitrogen and oxygen atoms in total. The van der Waals surface area contributed by atoms with Crippen molar-refractivity contribution in [2.75, 3.05) is 12.3 Å². The summed E-state index contributed by atoms with van der Waals surface area (Å²) in [5, 5.41) is 9.01. The number of imidazole rings is 1. The number of carbonyl (C=O) groups excluding carboxylic acids is 2. The molecule has 1 fully saturated rings. The van der Waals surface area contributed by atoms with Gasteiger partial charge in [0.1, 0.15) is 18.1 Å². The lowest BCUT2D eigenvalue weighted by molar-refractivity contribution is -0.119. The third-order valence-electron chi connectivity index (χ3n) is 5.35. The number of carboxylic acid groups (broad SMARTS) is 1. The number of ether oxygens (including phenoxy) is 1. The number of fused-ring (bicyclic) bond motifs is 1. The Balaban J connectivity index is 1.20. The number of aromatic nitrogens is 4. The number of nitrogen functional groups attached to an aromatic ring is 1. The highest BCUT2D eigenvalue weighted by atomic mass is 32.2. The van der Waals surface area contributed by atoms with Gasteiger partial charge in [-0.15, -0.1) is 0 Å². The van der Waals surface area contributed by atoms with Crippen molar-refractivity contribution in [1.29, 1.82) is 0 Å². The topological polar surface area (TPSA) is 189 Å². The van der Waals surface area contributed by atoms with Crippen LogP contribution in [0.5, 0.6) is 0 Å². The normalized spacial score (nSPS) is 18.4. The van der Waals surface area contributed by atoms with Crippen molar-refractivity contribution < 1.29 is 32.6 Å². The molecule has 0 aliphatic carbocycles. The molecule has 14 heteroatoms. The van der Waals surface area contributed by atoms with Gasteiger partial charge in [0.05, 0.1) is 24.6 Å². The van der Waals surface area contributed by atoms with Gasteiger partial charge in [0.2, 0.25) is 5.91 Å². The number of rotatable bonds is 10. The number of aromatic carboxylic acids is 1. The quantitative estimate of drug-likeness (QED) is 0.337. The van der Waals surface area contributed by atoms with Crippen molar-refractivity contribution in [1.82, 2.24) is 24.2 Å². The highest BCUT2D eigenvalue weighted by molar-refractivity contribution is 7.78. The molecule has 184 valence electrons. The van der Waals surface area contributed by atoms with Crippen LogP contribution in [0.4, 0.5) is 5.82 Å². The first-order chi connectivity index (χ1) is 16.8. The Labute approximate surface area is 201 Å². The van der Waals surface area contributed by atoms with Gasteiger partial charge < -0.3 is 15.6 Å². The van der Waals surface area contributed by atoms with Crippen molar-refractivity contribution in [3.05, 3.63) is 48.0 Å². The summed E-state index contributed by atoms with van der Waals surface area (Å²) in [5.74, 6) is -1.93. The summed E-state index contributed by atoms with van der Waals surface area (Å²) in [7, 11) is 0. The Kier molecular flexibility index (Phi) is 7.43. The Morgan fingerprint density at radius 3 is 2.80 bits per heavy atom. The molecule has 3 atom stereocenters. The zero-order valence-electron chi connectivity index (χ0n) is 18.3. The summed E-state index contributed by atoms with van der Waals surface area (Å²) in [4.78, 5) is 47.6. The zero-order valence-corrected chi connectivity index (χ0v) is 19.1. The van der Waals surface area contributed by atoms with E-state index in [1.807, 2.05) is 0 Å². The third kappa shape index (κ3) is 5.85. The van der Waals surface area contributed by atoms with Gasteiger partial charge in [-0.2, -0.15) is 0 Å². The molecule has 3 heterocycles. The van der Waals surface area contributed by atoms with Crippen LogP contribution in [0, 0.1) is 0 Å². The van der Waals surface area contributed by atoms with E-state index in [0.717, 1.165) is 0 Å². The summed E-state index contributed by atoms with van der Waals surface area (Å²) in [5.41, 5.74) is 6.99. The van der Waals surface area contributed by atoms with Crippen LogP contribution >= 0.6 is 0 Å². The van der Waals surface area contributed by atoms with Crippen LogP contribution in [0.2, 0.25) is 0 Å². The fraction of sp³-hybridized carbons (Fsp3) is 0.333. The van der Waals surface area contributed by atoms with Crippen LogP contribution in [0.25, 0.3) is 11.2 Å². The number of Topliss-reactive ketones (excluding diaryl/α,β-unsaturated/α-hetero) is 1. The van der Waals surface area contributed by atoms with E-state index in [-0.39, 0.29) is 48.7 Å². The first kappa shape index (κ1) is 24.4. The van der Waals surface area contributed by atoms with E-state index in [0.29, 0.717) is 24.0 Å². The predicted octanol–water partition coefficient (Wildman–Crippen LogP) is 1.16. The number of benzene rings is 1. The molecular formula is C21H22N6O7S. The van der Waals surface area contributed by atoms with E-state index >= 15 is 0 Å². The second-order valence-corrected chi connectivity index (χ2v) is 8.64. The van der Waals surface area contributed by atoms with Gasteiger partial charge in [-0.05, 0) is 25.0 Å². The number of carbonyl (C=O) groups is 3. The van der Waals surface area contributed by atoms with Gasteiger partial charge in [-0.3, -0.25) is 23.1 Å². The monoisotopic (exact) mass is 502 g/mol. The van der Waals surface area contributed by atoms with Gasteiger partial charge in [-0.25, -0.2) is 24.0 Å². The second-order valence-electron chi connectivity index (χ2n) is 7.73. The predicted molar refractivity (Wildman–Crippen MR) is 122 cm³/mol. The number of amides is 1. The lowest BCUT2D eigenvalue weighted by Crippen LogP contribution is -2.29. The minimum absolute atomic E-state index is 0.0198. The van der Waals surface area contributed by atoms with Crippen LogP contribution < -0.4 is 10.5 Å². The molecular weight excluding hydrogens is 480 g/mol. The number of nitrogens with two attached hydrogens (primary N) is 1. The van der Waals surface area contributed by atoms with E-state index in [9.17, 15) is 18.6 Å². The largest absolute Gasteiger partial charge is 0.478 e. The summed E-state index contributed by atoms with van der Waals surface area (Å²) in [6.45, 7) is -0.0198. The van der Waals surface area contributed by atoms with Crippen molar-refractivity contribution in [2.45, 2.75) is 38.0 Å². The average molecular weight is 503 g/mol. The van der Waals surface area contributed by atoms with Gasteiger partial charge >= 0.3 is 5.97 Å². The number of hydrogen-bond acceptors (Lipinski definition) is 10. The minimum atomic E-state index is -2.11. The molecule has 2 aromatic heterocycles. The fourth-order valence-corrected chi connectivity index (χ4v) is 4.23. The maximum atomic E-state index is 12.2. The number of carboxylic acids is 1. The van der Waals surface area contributed by atoms with Crippen LogP contribution in [-0.4, -0.2) is 59.2 Å². The standard InChI is InChI=1S/C21H22N6O7S/c22-19-18-20(24-10-23-19)27(11-25-18)17-7-4-14(34-17)9-33-35(32)26-16(29)6-5-15(28)12-2-1-3-13(8-12)21(30)31/h1-3,8,10-11,14,17H,4-7,9H2,(H,26,29)(H,30,31)(H2,22,23,24). The first-order valence-corrected chi connectivity index (χ1v) is 11.7.